The van der Waals surface area contributed by atoms with Crippen LogP contribution in [0.25, 0.3) is 0 Å². The molecule has 1 atom stereocenters. The van der Waals surface area contributed by atoms with E-state index in [1.165, 1.54) is 6.42 Å². The van der Waals surface area contributed by atoms with Gasteiger partial charge in [-0.25, -0.2) is 0 Å². The Morgan fingerprint density at radius 1 is 0.950 bits per heavy atom. The van der Waals surface area contributed by atoms with Gasteiger partial charge in [0.2, 0.25) is 0 Å². The zero-order chi connectivity index (χ0) is 14.3. The fourth-order valence-corrected chi connectivity index (χ4v) is 1.88. The number of nitrogens with one attached hydrogen (secondary N) is 1. The Morgan fingerprint density at radius 3 is 2.20 bits per heavy atom. The molecule has 1 aliphatic rings. The van der Waals surface area contributed by atoms with Crippen molar-refractivity contribution in [1.29, 1.82) is 0 Å². The highest BCUT2D eigenvalue weighted by Crippen LogP contribution is 2.10. The predicted molar refractivity (Wildman–Crippen MR) is 76.1 cm³/mol. The van der Waals surface area contributed by atoms with Crippen LogP contribution >= 0.6 is 0 Å². The fourth-order valence-electron chi connectivity index (χ4n) is 1.88. The van der Waals surface area contributed by atoms with Crippen LogP contribution in [0.5, 0.6) is 0 Å². The minimum atomic E-state index is 0.604. The average molecular weight is 291 g/mol. The van der Waals surface area contributed by atoms with Crippen LogP contribution < -0.4 is 5.32 Å². The van der Waals surface area contributed by atoms with Crippen LogP contribution in [0, 0.1) is 5.92 Å². The molecule has 0 radical (unpaired) electrons. The molecule has 0 saturated carbocycles. The minimum absolute atomic E-state index is 0.604. The topological polar surface area (TPSA) is 58.2 Å². The van der Waals surface area contributed by atoms with E-state index in [1.54, 1.807) is 7.11 Å². The molecule has 1 N–H and O–H groups in total. The van der Waals surface area contributed by atoms with Crippen molar-refractivity contribution in [3.05, 3.63) is 0 Å². The van der Waals surface area contributed by atoms with Crippen LogP contribution in [0.15, 0.2) is 0 Å². The first-order valence-corrected chi connectivity index (χ1v) is 7.44. The van der Waals surface area contributed by atoms with Crippen molar-refractivity contribution in [3.8, 4) is 0 Å². The smallest absolute Gasteiger partial charge is 0.0701 e. The Kier molecular flexibility index (Phi) is 12.2. The van der Waals surface area contributed by atoms with Gasteiger partial charge in [-0.2, -0.15) is 0 Å². The maximum absolute atomic E-state index is 5.46. The van der Waals surface area contributed by atoms with E-state index in [-0.39, 0.29) is 0 Å². The summed E-state index contributed by atoms with van der Waals surface area (Å²) in [7, 11) is 1.66. The van der Waals surface area contributed by atoms with Gasteiger partial charge in [0.25, 0.3) is 0 Å². The molecule has 6 heteroatoms. The van der Waals surface area contributed by atoms with Gasteiger partial charge in [-0.3, -0.25) is 0 Å². The molecule has 20 heavy (non-hydrogen) atoms. The molecule has 0 aromatic heterocycles. The first-order valence-electron chi connectivity index (χ1n) is 7.44. The lowest BCUT2D eigenvalue weighted by atomic mass is 10.1. The summed E-state index contributed by atoms with van der Waals surface area (Å²) in [6.45, 7) is 8.15. The van der Waals surface area contributed by atoms with E-state index in [1.807, 2.05) is 0 Å². The van der Waals surface area contributed by atoms with Crippen molar-refractivity contribution in [2.45, 2.75) is 6.42 Å². The SMILES string of the molecule is COCCOCCOCCOCCNCC1CCOC1. The highest BCUT2D eigenvalue weighted by Gasteiger charge is 2.14. The van der Waals surface area contributed by atoms with E-state index < -0.39 is 0 Å². The Hall–Kier alpha value is -0.240. The normalized spacial score (nSPS) is 18.8. The number of hydrogen-bond donors (Lipinski definition) is 1. The van der Waals surface area contributed by atoms with Crippen LogP contribution in [0.4, 0.5) is 0 Å². The molecule has 1 unspecified atom stereocenters. The third-order valence-electron chi connectivity index (χ3n) is 3.06. The summed E-state index contributed by atoms with van der Waals surface area (Å²) in [6, 6.07) is 0. The second-order valence-electron chi connectivity index (χ2n) is 4.76. The average Bonchev–Trinajstić information content (AvgIpc) is 2.97. The zero-order valence-electron chi connectivity index (χ0n) is 12.6. The first-order chi connectivity index (χ1) is 9.93. The number of ether oxygens (including phenoxy) is 5. The largest absolute Gasteiger partial charge is 0.382 e. The lowest BCUT2D eigenvalue weighted by Crippen LogP contribution is -2.27. The summed E-state index contributed by atoms with van der Waals surface area (Å²) >= 11 is 0. The summed E-state index contributed by atoms with van der Waals surface area (Å²) in [5.74, 6) is 0.677. The van der Waals surface area contributed by atoms with Crippen LogP contribution in [0.3, 0.4) is 0 Å². The Labute approximate surface area is 122 Å². The zero-order valence-corrected chi connectivity index (χ0v) is 12.6. The fraction of sp³-hybridized carbons (Fsp3) is 1.00. The second kappa shape index (κ2) is 13.7. The standard InChI is InChI=1S/C14H29NO5/c1-16-6-7-18-10-11-19-9-8-17-5-3-15-12-14-2-4-20-13-14/h14-15H,2-13H2,1H3. The van der Waals surface area contributed by atoms with E-state index in [0.29, 0.717) is 45.6 Å². The molecule has 0 aromatic carbocycles. The van der Waals surface area contributed by atoms with Crippen LogP contribution in [-0.4, -0.2) is 79.7 Å². The van der Waals surface area contributed by atoms with Gasteiger partial charge in [0.15, 0.2) is 0 Å². The highest BCUT2D eigenvalue weighted by molar-refractivity contribution is 4.66. The van der Waals surface area contributed by atoms with Crippen LogP contribution in [0.1, 0.15) is 6.42 Å². The number of hydrogen-bond acceptors (Lipinski definition) is 6. The summed E-state index contributed by atoms with van der Waals surface area (Å²) in [4.78, 5) is 0. The number of rotatable bonds is 14. The number of methoxy groups -OCH3 is 1. The van der Waals surface area contributed by atoms with E-state index in [4.69, 9.17) is 23.7 Å². The summed E-state index contributed by atoms with van der Waals surface area (Å²) in [6.07, 6.45) is 1.17. The maximum atomic E-state index is 5.46. The monoisotopic (exact) mass is 291 g/mol. The molecule has 6 nitrogen and oxygen atoms in total. The van der Waals surface area contributed by atoms with E-state index in [0.717, 1.165) is 32.9 Å². The molecule has 0 spiro atoms. The van der Waals surface area contributed by atoms with Gasteiger partial charge in [-0.15, -0.1) is 0 Å². The quantitative estimate of drug-likeness (QED) is 0.465. The van der Waals surface area contributed by atoms with Gasteiger partial charge >= 0.3 is 0 Å². The molecule has 0 aliphatic carbocycles. The van der Waals surface area contributed by atoms with Crippen molar-refractivity contribution in [2.24, 2.45) is 5.92 Å². The molecular formula is C14H29NO5. The van der Waals surface area contributed by atoms with Crippen LogP contribution in [-0.2, 0) is 23.7 Å². The van der Waals surface area contributed by atoms with Crippen LogP contribution in [0.2, 0.25) is 0 Å². The Balaban J connectivity index is 1.66. The molecule has 1 heterocycles. The molecule has 120 valence electrons. The summed E-state index contributed by atoms with van der Waals surface area (Å²) < 4.78 is 26.3. The van der Waals surface area contributed by atoms with Gasteiger partial charge in [-0.1, -0.05) is 0 Å². The lowest BCUT2D eigenvalue weighted by molar-refractivity contribution is 0.00405. The van der Waals surface area contributed by atoms with Gasteiger partial charge in [0, 0.05) is 26.8 Å². The van der Waals surface area contributed by atoms with E-state index in [9.17, 15) is 0 Å². The molecule has 0 aromatic rings. The third kappa shape index (κ3) is 10.5. The molecule has 1 rings (SSSR count). The Bertz CT molecular complexity index is 200. The van der Waals surface area contributed by atoms with E-state index in [2.05, 4.69) is 5.32 Å². The molecular weight excluding hydrogens is 262 g/mol. The minimum Gasteiger partial charge on any atom is -0.382 e. The van der Waals surface area contributed by atoms with E-state index >= 15 is 0 Å². The summed E-state index contributed by atoms with van der Waals surface area (Å²) in [5.41, 5.74) is 0. The maximum Gasteiger partial charge on any atom is 0.0701 e. The third-order valence-corrected chi connectivity index (χ3v) is 3.06. The molecule has 1 aliphatic heterocycles. The Morgan fingerprint density at radius 2 is 1.60 bits per heavy atom. The summed E-state index contributed by atoms with van der Waals surface area (Å²) in [5, 5.41) is 3.38. The van der Waals surface area contributed by atoms with Crippen molar-refractivity contribution < 1.29 is 23.7 Å². The van der Waals surface area contributed by atoms with Crippen molar-refractivity contribution >= 4 is 0 Å². The van der Waals surface area contributed by atoms with Crippen molar-refractivity contribution in [1.82, 2.24) is 5.32 Å². The van der Waals surface area contributed by atoms with Gasteiger partial charge in [-0.05, 0) is 12.3 Å². The molecule has 0 amide bonds. The first kappa shape index (κ1) is 17.8. The van der Waals surface area contributed by atoms with Crippen molar-refractivity contribution in [2.75, 3.05) is 79.7 Å². The van der Waals surface area contributed by atoms with Gasteiger partial charge in [0.1, 0.15) is 0 Å². The molecule has 1 fully saturated rings. The molecule has 0 bridgehead atoms. The predicted octanol–water partition coefficient (Wildman–Crippen LogP) is 0.309. The lowest BCUT2D eigenvalue weighted by Gasteiger charge is -2.10. The highest BCUT2D eigenvalue weighted by atomic mass is 16.6. The van der Waals surface area contributed by atoms with Gasteiger partial charge < -0.3 is 29.0 Å². The second-order valence-corrected chi connectivity index (χ2v) is 4.76. The van der Waals surface area contributed by atoms with Crippen molar-refractivity contribution in [3.63, 3.8) is 0 Å². The molecule has 1 saturated heterocycles. The van der Waals surface area contributed by atoms with Gasteiger partial charge in [0.05, 0.1) is 52.9 Å².